The molecule has 3 rings (SSSR count). The van der Waals surface area contributed by atoms with Gasteiger partial charge in [-0.25, -0.2) is 4.79 Å². The summed E-state index contributed by atoms with van der Waals surface area (Å²) in [6.07, 6.45) is -0.199. The lowest BCUT2D eigenvalue weighted by atomic mass is 10.2. The Labute approximate surface area is 142 Å². The molecule has 0 radical (unpaired) electrons. The fraction of sp³-hybridized carbons (Fsp3) is 0.643. The van der Waals surface area contributed by atoms with Crippen LogP contribution in [0.1, 0.15) is 31.6 Å². The van der Waals surface area contributed by atoms with Crippen LogP contribution in [-0.4, -0.2) is 58.4 Å². The summed E-state index contributed by atoms with van der Waals surface area (Å²) in [6, 6.07) is 0. The van der Waals surface area contributed by atoms with Gasteiger partial charge < -0.3 is 14.9 Å². The van der Waals surface area contributed by atoms with Crippen molar-refractivity contribution in [1.29, 1.82) is 0 Å². The van der Waals surface area contributed by atoms with Crippen molar-refractivity contribution in [3.8, 4) is 5.95 Å². The van der Waals surface area contributed by atoms with Crippen LogP contribution in [0.5, 0.6) is 0 Å². The van der Waals surface area contributed by atoms with Crippen molar-refractivity contribution in [2.75, 3.05) is 6.61 Å². The van der Waals surface area contributed by atoms with Crippen molar-refractivity contribution in [1.82, 2.24) is 29.3 Å². The number of hydrogen-bond donors (Lipinski definition) is 2. The number of rotatable bonds is 5. The third-order valence-electron chi connectivity index (χ3n) is 4.05. The van der Waals surface area contributed by atoms with Gasteiger partial charge in [0.25, 0.3) is 11.5 Å². The Morgan fingerprint density at radius 1 is 1.40 bits per heavy atom. The lowest BCUT2D eigenvalue weighted by Gasteiger charge is -2.16. The van der Waals surface area contributed by atoms with Crippen LogP contribution in [0, 0.1) is 6.92 Å². The standard InChI is InChI=1S/C14H20N6O5/c1-3-4-19-16-13(15-17-19)20-12(23)8(2)6-18(14(20)24)11-5-9(22)10(7-21)25-11/h6,9-11,21-22H,3-5,7H2,1-2H3/t9-,10+,11+/m0/s1. The van der Waals surface area contributed by atoms with Crippen LogP contribution in [0.25, 0.3) is 5.95 Å². The van der Waals surface area contributed by atoms with Gasteiger partial charge >= 0.3 is 5.69 Å². The van der Waals surface area contributed by atoms with E-state index in [1.165, 1.54) is 15.6 Å². The summed E-state index contributed by atoms with van der Waals surface area (Å²) in [5.41, 5.74) is -0.950. The molecule has 2 aromatic rings. The van der Waals surface area contributed by atoms with Gasteiger partial charge in [0.2, 0.25) is 0 Å². The van der Waals surface area contributed by atoms with Crippen LogP contribution < -0.4 is 11.2 Å². The van der Waals surface area contributed by atoms with Gasteiger partial charge in [-0.1, -0.05) is 12.0 Å². The van der Waals surface area contributed by atoms with Gasteiger partial charge in [-0.15, -0.1) is 5.10 Å². The van der Waals surface area contributed by atoms with Gasteiger partial charge in [-0.3, -0.25) is 9.36 Å². The van der Waals surface area contributed by atoms with Crippen LogP contribution in [0.4, 0.5) is 0 Å². The summed E-state index contributed by atoms with van der Waals surface area (Å²) in [5.74, 6) is -0.113. The number of ether oxygens (including phenoxy) is 1. The highest BCUT2D eigenvalue weighted by Crippen LogP contribution is 2.27. The highest BCUT2D eigenvalue weighted by atomic mass is 16.5. The van der Waals surface area contributed by atoms with Crippen LogP contribution in [0.2, 0.25) is 0 Å². The fourth-order valence-electron chi connectivity index (χ4n) is 2.75. The van der Waals surface area contributed by atoms with Gasteiger partial charge in [0.1, 0.15) is 12.3 Å². The number of aliphatic hydroxyl groups excluding tert-OH is 2. The van der Waals surface area contributed by atoms with E-state index in [2.05, 4.69) is 15.4 Å². The summed E-state index contributed by atoms with van der Waals surface area (Å²) in [6.45, 7) is 3.64. The molecule has 0 bridgehead atoms. The summed E-state index contributed by atoms with van der Waals surface area (Å²) >= 11 is 0. The molecule has 0 aliphatic carbocycles. The monoisotopic (exact) mass is 352 g/mol. The van der Waals surface area contributed by atoms with E-state index in [1.807, 2.05) is 6.92 Å². The van der Waals surface area contributed by atoms with Gasteiger partial charge in [0.05, 0.1) is 19.3 Å². The van der Waals surface area contributed by atoms with Crippen LogP contribution in [0.15, 0.2) is 15.8 Å². The molecule has 0 amide bonds. The second-order valence-electron chi connectivity index (χ2n) is 5.94. The molecule has 1 aliphatic heterocycles. The SMILES string of the molecule is CCCn1nnc(-n2c(=O)c(C)cn([C@H]3C[C@H](O)[C@@H](CO)O3)c2=O)n1. The number of tetrazole rings is 1. The third-order valence-corrected chi connectivity index (χ3v) is 4.05. The summed E-state index contributed by atoms with van der Waals surface area (Å²) in [4.78, 5) is 26.5. The molecule has 3 heterocycles. The first-order chi connectivity index (χ1) is 12.0. The number of aliphatic hydroxyl groups is 2. The maximum Gasteiger partial charge on any atom is 0.340 e. The van der Waals surface area contributed by atoms with Crippen molar-refractivity contribution in [3.63, 3.8) is 0 Å². The first kappa shape index (κ1) is 17.5. The molecule has 1 aliphatic rings. The average Bonchev–Trinajstić information content (AvgIpc) is 3.18. The minimum absolute atomic E-state index is 0.113. The molecule has 11 heteroatoms. The molecular weight excluding hydrogens is 332 g/mol. The average molecular weight is 352 g/mol. The summed E-state index contributed by atoms with van der Waals surface area (Å²) in [7, 11) is 0. The molecular formula is C14H20N6O5. The second-order valence-corrected chi connectivity index (χ2v) is 5.94. The zero-order chi connectivity index (χ0) is 18.1. The third kappa shape index (κ3) is 3.13. The zero-order valence-corrected chi connectivity index (χ0v) is 13.9. The second kappa shape index (κ2) is 6.86. The topological polar surface area (TPSA) is 137 Å². The number of nitrogens with zero attached hydrogens (tertiary/aromatic N) is 6. The fourth-order valence-corrected chi connectivity index (χ4v) is 2.75. The summed E-state index contributed by atoms with van der Waals surface area (Å²) < 4.78 is 7.54. The van der Waals surface area contributed by atoms with Crippen LogP contribution in [-0.2, 0) is 11.3 Å². The largest absolute Gasteiger partial charge is 0.394 e. The van der Waals surface area contributed by atoms with Crippen LogP contribution >= 0.6 is 0 Å². The van der Waals surface area contributed by atoms with E-state index in [9.17, 15) is 19.8 Å². The Morgan fingerprint density at radius 2 is 2.16 bits per heavy atom. The Morgan fingerprint density at radius 3 is 2.80 bits per heavy atom. The van der Waals surface area contributed by atoms with E-state index < -0.39 is 29.7 Å². The number of aryl methyl sites for hydroxylation is 2. The zero-order valence-electron chi connectivity index (χ0n) is 13.9. The Hall–Kier alpha value is -2.37. The van der Waals surface area contributed by atoms with Crippen molar-refractivity contribution >= 4 is 0 Å². The lowest BCUT2D eigenvalue weighted by Crippen LogP contribution is -2.41. The normalized spacial score (nSPS) is 23.3. The van der Waals surface area contributed by atoms with E-state index in [0.717, 1.165) is 11.0 Å². The maximum absolute atomic E-state index is 12.8. The Kier molecular flexibility index (Phi) is 4.79. The smallest absolute Gasteiger partial charge is 0.340 e. The van der Waals surface area contributed by atoms with Crippen LogP contribution in [0.3, 0.4) is 0 Å². The molecule has 3 atom stereocenters. The molecule has 11 nitrogen and oxygen atoms in total. The first-order valence-corrected chi connectivity index (χ1v) is 8.03. The van der Waals surface area contributed by atoms with Gasteiger partial charge in [0.15, 0.2) is 0 Å². The van der Waals surface area contributed by atoms with Crippen molar-refractivity contribution in [2.45, 2.75) is 51.7 Å². The summed E-state index contributed by atoms with van der Waals surface area (Å²) in [5, 5.41) is 30.7. The number of hydrogen-bond acceptors (Lipinski definition) is 8. The molecule has 136 valence electrons. The quantitative estimate of drug-likeness (QED) is 0.652. The number of aromatic nitrogens is 6. The molecule has 0 aromatic carbocycles. The van der Waals surface area contributed by atoms with Crippen molar-refractivity contribution < 1.29 is 14.9 Å². The highest BCUT2D eigenvalue weighted by molar-refractivity contribution is 5.13. The van der Waals surface area contributed by atoms with E-state index in [1.54, 1.807) is 6.92 Å². The van der Waals surface area contributed by atoms with Gasteiger partial charge in [-0.05, 0) is 18.6 Å². The molecule has 1 fully saturated rings. The molecule has 0 unspecified atom stereocenters. The van der Waals surface area contributed by atoms with E-state index in [4.69, 9.17) is 4.74 Å². The minimum atomic E-state index is -0.897. The van der Waals surface area contributed by atoms with E-state index >= 15 is 0 Å². The minimum Gasteiger partial charge on any atom is -0.394 e. The van der Waals surface area contributed by atoms with E-state index in [0.29, 0.717) is 6.54 Å². The first-order valence-electron chi connectivity index (χ1n) is 8.03. The lowest BCUT2D eigenvalue weighted by molar-refractivity contribution is -0.0462. The van der Waals surface area contributed by atoms with Gasteiger partial charge in [-0.2, -0.15) is 9.36 Å². The van der Waals surface area contributed by atoms with Gasteiger partial charge in [0, 0.05) is 18.2 Å². The van der Waals surface area contributed by atoms with Crippen molar-refractivity contribution in [3.05, 3.63) is 32.6 Å². The molecule has 0 spiro atoms. The molecule has 25 heavy (non-hydrogen) atoms. The van der Waals surface area contributed by atoms with E-state index in [-0.39, 0.29) is 24.5 Å². The Bertz CT molecular complexity index is 871. The Balaban J connectivity index is 2.06. The highest BCUT2D eigenvalue weighted by Gasteiger charge is 2.35. The molecule has 2 aromatic heterocycles. The molecule has 0 saturated carbocycles. The maximum atomic E-state index is 12.8. The molecule has 1 saturated heterocycles. The molecule has 2 N–H and O–H groups in total. The predicted octanol–water partition coefficient (Wildman–Crippen LogP) is -1.66. The van der Waals surface area contributed by atoms with Crippen molar-refractivity contribution in [2.24, 2.45) is 0 Å². The predicted molar refractivity (Wildman–Crippen MR) is 84.3 cm³/mol.